The van der Waals surface area contributed by atoms with E-state index in [9.17, 15) is 9.59 Å². The molecule has 1 N–H and O–H groups in total. The van der Waals surface area contributed by atoms with Crippen LogP contribution < -0.4 is 5.32 Å². The monoisotopic (exact) mass is 211 g/mol. The second kappa shape index (κ2) is 2.87. The van der Waals surface area contributed by atoms with Gasteiger partial charge in [0.15, 0.2) is 0 Å². The molecule has 82 valence electrons. The number of hydrogen-bond acceptors (Lipinski definition) is 4. The highest BCUT2D eigenvalue weighted by Crippen LogP contribution is 2.55. The van der Waals surface area contributed by atoms with Crippen LogP contribution in [0.4, 0.5) is 4.79 Å². The quantitative estimate of drug-likeness (QED) is 0.633. The van der Waals surface area contributed by atoms with E-state index in [1.54, 1.807) is 0 Å². The third kappa shape index (κ3) is 1.09. The second-order valence-corrected chi connectivity index (χ2v) is 4.52. The molecule has 0 radical (unpaired) electrons. The van der Waals surface area contributed by atoms with Crippen LogP contribution in [-0.2, 0) is 14.3 Å². The number of alkyl carbamates (subject to hydrolysis) is 1. The standard InChI is InChI=1S/C10H13NO4/c1-11-10(13)15-8-4-2-5-6(3-4)14-9(12)7(5)8/h4-8H,2-3H2,1H3,(H,11,13). The Morgan fingerprint density at radius 1 is 1.53 bits per heavy atom. The summed E-state index contributed by atoms with van der Waals surface area (Å²) in [5.74, 6) is 0.218. The van der Waals surface area contributed by atoms with E-state index in [4.69, 9.17) is 9.47 Å². The molecule has 2 saturated carbocycles. The molecule has 5 nitrogen and oxygen atoms in total. The lowest BCUT2D eigenvalue weighted by atomic mass is 9.87. The Kier molecular flexibility index (Phi) is 1.72. The van der Waals surface area contributed by atoms with Crippen molar-refractivity contribution in [2.75, 3.05) is 7.05 Å². The number of esters is 1. The van der Waals surface area contributed by atoms with Gasteiger partial charge >= 0.3 is 12.1 Å². The van der Waals surface area contributed by atoms with Crippen molar-refractivity contribution in [3.05, 3.63) is 0 Å². The second-order valence-electron chi connectivity index (χ2n) is 4.52. The minimum absolute atomic E-state index is 0.0945. The van der Waals surface area contributed by atoms with Gasteiger partial charge in [-0.05, 0) is 12.8 Å². The molecule has 0 aromatic rings. The van der Waals surface area contributed by atoms with Gasteiger partial charge in [0.2, 0.25) is 0 Å². The first-order valence-corrected chi connectivity index (χ1v) is 5.29. The van der Waals surface area contributed by atoms with Crippen molar-refractivity contribution in [1.82, 2.24) is 5.32 Å². The van der Waals surface area contributed by atoms with Gasteiger partial charge < -0.3 is 14.8 Å². The van der Waals surface area contributed by atoms with Crippen LogP contribution in [0.2, 0.25) is 0 Å². The first-order chi connectivity index (χ1) is 7.20. The van der Waals surface area contributed by atoms with Gasteiger partial charge in [0.05, 0.1) is 0 Å². The van der Waals surface area contributed by atoms with Gasteiger partial charge in [-0.1, -0.05) is 0 Å². The summed E-state index contributed by atoms with van der Waals surface area (Å²) in [5.41, 5.74) is 0. The van der Waals surface area contributed by atoms with Crippen LogP contribution in [0.15, 0.2) is 0 Å². The molecular weight excluding hydrogens is 198 g/mol. The zero-order chi connectivity index (χ0) is 10.6. The summed E-state index contributed by atoms with van der Waals surface area (Å²) in [4.78, 5) is 22.7. The van der Waals surface area contributed by atoms with Crippen molar-refractivity contribution in [3.63, 3.8) is 0 Å². The van der Waals surface area contributed by atoms with E-state index in [0.717, 1.165) is 12.8 Å². The van der Waals surface area contributed by atoms with Gasteiger partial charge in [0.1, 0.15) is 18.1 Å². The molecule has 2 aliphatic carbocycles. The summed E-state index contributed by atoms with van der Waals surface area (Å²) >= 11 is 0. The number of fused-ring (bicyclic) bond motifs is 1. The Bertz CT molecular complexity index is 327. The van der Waals surface area contributed by atoms with Gasteiger partial charge in [-0.15, -0.1) is 0 Å². The summed E-state index contributed by atoms with van der Waals surface area (Å²) in [6.07, 6.45) is 1.19. The van der Waals surface area contributed by atoms with Crippen molar-refractivity contribution in [3.8, 4) is 0 Å². The number of ether oxygens (including phenoxy) is 2. The van der Waals surface area contributed by atoms with Crippen molar-refractivity contribution in [2.24, 2.45) is 17.8 Å². The zero-order valence-electron chi connectivity index (χ0n) is 8.43. The largest absolute Gasteiger partial charge is 0.462 e. The topological polar surface area (TPSA) is 64.6 Å². The molecule has 1 aliphatic heterocycles. The lowest BCUT2D eigenvalue weighted by Crippen LogP contribution is -2.37. The van der Waals surface area contributed by atoms with E-state index < -0.39 is 6.09 Å². The average Bonchev–Trinajstić information content (AvgIpc) is 2.78. The number of nitrogens with one attached hydrogen (secondary N) is 1. The molecule has 1 heterocycles. The zero-order valence-corrected chi connectivity index (χ0v) is 8.43. The molecule has 5 heteroatoms. The fraction of sp³-hybridized carbons (Fsp3) is 0.800. The molecule has 1 saturated heterocycles. The fourth-order valence-electron chi connectivity index (χ4n) is 3.28. The Morgan fingerprint density at radius 2 is 2.33 bits per heavy atom. The third-order valence-corrected chi connectivity index (χ3v) is 3.85. The Labute approximate surface area is 87.1 Å². The van der Waals surface area contributed by atoms with E-state index >= 15 is 0 Å². The lowest BCUT2D eigenvalue weighted by molar-refractivity contribution is -0.144. The summed E-state index contributed by atoms with van der Waals surface area (Å²) in [6.45, 7) is 0. The normalized spacial score (nSPS) is 45.4. The lowest BCUT2D eigenvalue weighted by Gasteiger charge is -2.24. The van der Waals surface area contributed by atoms with Crippen LogP contribution in [0.5, 0.6) is 0 Å². The van der Waals surface area contributed by atoms with E-state index in [2.05, 4.69) is 5.32 Å². The predicted molar refractivity (Wildman–Crippen MR) is 48.9 cm³/mol. The molecule has 0 spiro atoms. The van der Waals surface area contributed by atoms with Gasteiger partial charge in [0, 0.05) is 18.9 Å². The maximum Gasteiger partial charge on any atom is 0.407 e. The van der Waals surface area contributed by atoms with Crippen LogP contribution in [-0.4, -0.2) is 31.3 Å². The summed E-state index contributed by atoms with van der Waals surface area (Å²) in [7, 11) is 1.52. The van der Waals surface area contributed by atoms with Crippen molar-refractivity contribution in [2.45, 2.75) is 25.0 Å². The van der Waals surface area contributed by atoms with Crippen LogP contribution in [0, 0.1) is 17.8 Å². The molecule has 15 heavy (non-hydrogen) atoms. The third-order valence-electron chi connectivity index (χ3n) is 3.85. The number of carbonyl (C=O) groups is 2. The molecule has 3 rings (SSSR count). The molecule has 2 bridgehead atoms. The Balaban J connectivity index is 1.80. The molecule has 5 unspecified atom stereocenters. The first kappa shape index (κ1) is 9.00. The highest BCUT2D eigenvalue weighted by molar-refractivity contribution is 5.78. The van der Waals surface area contributed by atoms with Crippen molar-refractivity contribution >= 4 is 12.1 Å². The molecule has 3 fully saturated rings. The summed E-state index contributed by atoms with van der Waals surface area (Å²) in [6, 6.07) is 0. The van der Waals surface area contributed by atoms with Gasteiger partial charge in [0.25, 0.3) is 0 Å². The van der Waals surface area contributed by atoms with Crippen LogP contribution >= 0.6 is 0 Å². The average molecular weight is 211 g/mol. The first-order valence-electron chi connectivity index (χ1n) is 5.29. The highest BCUT2D eigenvalue weighted by atomic mass is 16.6. The Morgan fingerprint density at radius 3 is 3.07 bits per heavy atom. The van der Waals surface area contributed by atoms with E-state index in [1.165, 1.54) is 7.05 Å². The van der Waals surface area contributed by atoms with Crippen LogP contribution in [0.3, 0.4) is 0 Å². The van der Waals surface area contributed by atoms with Gasteiger partial charge in [-0.3, -0.25) is 4.79 Å². The minimum Gasteiger partial charge on any atom is -0.462 e. The highest BCUT2D eigenvalue weighted by Gasteiger charge is 2.63. The molecule has 3 aliphatic rings. The fourth-order valence-corrected chi connectivity index (χ4v) is 3.28. The van der Waals surface area contributed by atoms with Crippen LogP contribution in [0.1, 0.15) is 12.8 Å². The van der Waals surface area contributed by atoms with Crippen molar-refractivity contribution < 1.29 is 19.1 Å². The number of amides is 1. The number of hydrogen-bond donors (Lipinski definition) is 1. The molecule has 5 atom stereocenters. The SMILES string of the molecule is CNC(=O)OC1C2CC3OC(=O)C1C3C2. The smallest absolute Gasteiger partial charge is 0.407 e. The summed E-state index contributed by atoms with van der Waals surface area (Å²) in [5, 5.41) is 2.41. The minimum atomic E-state index is -0.455. The van der Waals surface area contributed by atoms with E-state index in [-0.39, 0.29) is 30.0 Å². The molecule has 0 aromatic carbocycles. The van der Waals surface area contributed by atoms with Gasteiger partial charge in [-0.2, -0.15) is 0 Å². The van der Waals surface area contributed by atoms with Gasteiger partial charge in [-0.25, -0.2) is 4.79 Å². The number of rotatable bonds is 1. The van der Waals surface area contributed by atoms with E-state index in [0.29, 0.717) is 5.92 Å². The van der Waals surface area contributed by atoms with E-state index in [1.807, 2.05) is 0 Å². The number of carbonyl (C=O) groups excluding carboxylic acids is 2. The predicted octanol–water partition coefficient (Wildman–Crippen LogP) is 0.292. The van der Waals surface area contributed by atoms with Crippen LogP contribution in [0.25, 0.3) is 0 Å². The summed E-state index contributed by atoms with van der Waals surface area (Å²) < 4.78 is 10.5. The maximum absolute atomic E-state index is 11.5. The molecule has 1 amide bonds. The Hall–Kier alpha value is -1.26. The maximum atomic E-state index is 11.5. The molecular formula is C10H13NO4. The molecule has 0 aromatic heterocycles. The van der Waals surface area contributed by atoms with Crippen molar-refractivity contribution in [1.29, 1.82) is 0 Å².